The fraction of sp³-hybridized carbons (Fsp3) is 0.318. The molecule has 6 heteroatoms. The molecule has 1 aromatic heterocycles. The number of aliphatic hydroxyl groups is 1. The zero-order valence-electron chi connectivity index (χ0n) is 16.5. The summed E-state index contributed by atoms with van der Waals surface area (Å²) >= 11 is 0. The number of hydrogen-bond donors (Lipinski definition) is 1. The molecule has 0 bridgehead atoms. The number of anilines is 1. The molecule has 146 valence electrons. The second kappa shape index (κ2) is 7.46. The molecular weight excluding hydrogens is 356 g/mol. The third kappa shape index (κ3) is 3.50. The Bertz CT molecular complexity index is 912. The van der Waals surface area contributed by atoms with Gasteiger partial charge in [0, 0.05) is 23.5 Å². The molecule has 1 aromatic carbocycles. The van der Waals surface area contributed by atoms with Gasteiger partial charge in [0.25, 0.3) is 5.91 Å². The fourth-order valence-electron chi connectivity index (χ4n) is 3.24. The van der Waals surface area contributed by atoms with Crippen LogP contribution < -0.4 is 9.64 Å². The van der Waals surface area contributed by atoms with Crippen molar-refractivity contribution in [3.8, 4) is 5.75 Å². The second-order valence-corrected chi connectivity index (χ2v) is 7.63. The number of carbonyl (C=O) groups is 2. The fourth-order valence-corrected chi connectivity index (χ4v) is 3.24. The van der Waals surface area contributed by atoms with Crippen molar-refractivity contribution in [1.82, 2.24) is 4.98 Å². The Balaban J connectivity index is 2.12. The lowest BCUT2D eigenvalue weighted by Crippen LogP contribution is -2.32. The van der Waals surface area contributed by atoms with E-state index < -0.39 is 23.1 Å². The van der Waals surface area contributed by atoms with Crippen molar-refractivity contribution in [2.45, 2.75) is 33.7 Å². The normalized spacial score (nSPS) is 17.2. The monoisotopic (exact) mass is 380 g/mol. The number of aliphatic hydroxyl groups excluding tert-OH is 1. The van der Waals surface area contributed by atoms with Gasteiger partial charge in [-0.1, -0.05) is 20.8 Å². The van der Waals surface area contributed by atoms with E-state index in [4.69, 9.17) is 4.74 Å². The van der Waals surface area contributed by atoms with E-state index in [1.807, 2.05) is 6.92 Å². The number of benzene rings is 1. The van der Waals surface area contributed by atoms with Crippen LogP contribution in [0.5, 0.6) is 5.75 Å². The topological polar surface area (TPSA) is 79.7 Å². The predicted octanol–water partition coefficient (Wildman–Crippen LogP) is 4.00. The average Bonchev–Trinajstić information content (AvgIpc) is 2.93. The molecule has 1 amide bonds. The summed E-state index contributed by atoms with van der Waals surface area (Å²) in [7, 11) is 0. The highest BCUT2D eigenvalue weighted by Crippen LogP contribution is 2.43. The SMILES string of the molecule is CCOc1ccc(N2C(=O)C(O)=C(C(=O)C(C)(C)C)C2c2ccncc2)cc1. The first-order chi connectivity index (χ1) is 13.3. The maximum atomic E-state index is 13.1. The molecule has 0 spiro atoms. The van der Waals surface area contributed by atoms with Crippen molar-refractivity contribution in [1.29, 1.82) is 0 Å². The van der Waals surface area contributed by atoms with E-state index in [2.05, 4.69) is 4.98 Å². The first-order valence-electron chi connectivity index (χ1n) is 9.20. The number of hydrogen-bond acceptors (Lipinski definition) is 5. The number of nitrogens with zero attached hydrogens (tertiary/aromatic N) is 2. The molecule has 1 aliphatic heterocycles. The maximum absolute atomic E-state index is 13.1. The Morgan fingerprint density at radius 3 is 2.29 bits per heavy atom. The lowest BCUT2D eigenvalue weighted by Gasteiger charge is -2.29. The minimum atomic E-state index is -0.746. The van der Waals surface area contributed by atoms with Gasteiger partial charge in [-0.15, -0.1) is 0 Å². The average molecular weight is 380 g/mol. The van der Waals surface area contributed by atoms with E-state index in [9.17, 15) is 14.7 Å². The van der Waals surface area contributed by atoms with Gasteiger partial charge in [0.2, 0.25) is 0 Å². The molecule has 2 aromatic rings. The predicted molar refractivity (Wildman–Crippen MR) is 106 cm³/mol. The Hall–Kier alpha value is -3.15. The molecule has 2 heterocycles. The van der Waals surface area contributed by atoms with Crippen molar-refractivity contribution >= 4 is 17.4 Å². The third-order valence-electron chi connectivity index (χ3n) is 4.58. The quantitative estimate of drug-likeness (QED) is 0.848. The number of carbonyl (C=O) groups excluding carboxylic acids is 2. The number of pyridine rings is 1. The molecule has 1 N–H and O–H groups in total. The van der Waals surface area contributed by atoms with E-state index >= 15 is 0 Å². The summed E-state index contributed by atoms with van der Waals surface area (Å²) in [5.74, 6) is -0.690. The summed E-state index contributed by atoms with van der Waals surface area (Å²) in [5, 5.41) is 10.6. The molecule has 0 radical (unpaired) electrons. The van der Waals surface area contributed by atoms with Crippen molar-refractivity contribution in [3.63, 3.8) is 0 Å². The molecule has 1 atom stereocenters. The van der Waals surface area contributed by atoms with Crippen molar-refractivity contribution in [3.05, 3.63) is 65.7 Å². The van der Waals surface area contributed by atoms with Crippen molar-refractivity contribution in [2.24, 2.45) is 5.41 Å². The van der Waals surface area contributed by atoms with Crippen LogP contribution >= 0.6 is 0 Å². The van der Waals surface area contributed by atoms with E-state index in [1.165, 1.54) is 4.90 Å². The van der Waals surface area contributed by atoms with Gasteiger partial charge in [0.05, 0.1) is 18.2 Å². The van der Waals surface area contributed by atoms with Crippen LogP contribution in [0.15, 0.2) is 60.1 Å². The molecular formula is C22H24N2O4. The van der Waals surface area contributed by atoms with E-state index in [0.29, 0.717) is 23.6 Å². The second-order valence-electron chi connectivity index (χ2n) is 7.63. The van der Waals surface area contributed by atoms with Crippen LogP contribution in [-0.2, 0) is 9.59 Å². The Morgan fingerprint density at radius 1 is 1.14 bits per heavy atom. The number of rotatable bonds is 5. The lowest BCUT2D eigenvalue weighted by atomic mass is 9.82. The number of amides is 1. The molecule has 0 saturated carbocycles. The Labute approximate surface area is 164 Å². The molecule has 0 saturated heterocycles. The Morgan fingerprint density at radius 2 is 1.75 bits per heavy atom. The van der Waals surface area contributed by atoms with Gasteiger partial charge in [-0.2, -0.15) is 0 Å². The van der Waals surface area contributed by atoms with E-state index in [-0.39, 0.29) is 11.4 Å². The minimum Gasteiger partial charge on any atom is -0.503 e. The zero-order chi connectivity index (χ0) is 20.5. The molecule has 0 fully saturated rings. The van der Waals surface area contributed by atoms with Gasteiger partial charge < -0.3 is 9.84 Å². The minimum absolute atomic E-state index is 0.109. The third-order valence-corrected chi connectivity index (χ3v) is 4.58. The van der Waals surface area contributed by atoms with Gasteiger partial charge >= 0.3 is 0 Å². The standard InChI is InChI=1S/C22H24N2O4/c1-5-28-16-8-6-15(7-9-16)24-18(14-10-12-23-13-11-14)17(19(25)21(24)27)20(26)22(2,3)4/h6-13,18,25H,5H2,1-4H3. The summed E-state index contributed by atoms with van der Waals surface area (Å²) in [6, 6.07) is 9.78. The summed E-state index contributed by atoms with van der Waals surface area (Å²) in [6.07, 6.45) is 3.20. The molecule has 1 aliphatic rings. The van der Waals surface area contributed by atoms with Crippen LogP contribution in [0.4, 0.5) is 5.69 Å². The van der Waals surface area contributed by atoms with Crippen LogP contribution in [0.2, 0.25) is 0 Å². The van der Waals surface area contributed by atoms with Crippen LogP contribution in [-0.4, -0.2) is 28.4 Å². The first kappa shape index (κ1) is 19.6. The number of ether oxygens (including phenoxy) is 1. The number of ketones is 1. The summed E-state index contributed by atoms with van der Waals surface area (Å²) in [4.78, 5) is 31.5. The Kier molecular flexibility index (Phi) is 5.23. The van der Waals surface area contributed by atoms with Gasteiger partial charge in [-0.05, 0) is 48.9 Å². The van der Waals surface area contributed by atoms with E-state index in [0.717, 1.165) is 0 Å². The van der Waals surface area contributed by atoms with Crippen LogP contribution in [0.25, 0.3) is 0 Å². The first-order valence-corrected chi connectivity index (χ1v) is 9.20. The van der Waals surface area contributed by atoms with Crippen LogP contribution in [0, 0.1) is 5.41 Å². The number of Topliss-reactive ketones (excluding diaryl/α,β-unsaturated/α-hetero) is 1. The highest BCUT2D eigenvalue weighted by molar-refractivity contribution is 6.17. The maximum Gasteiger partial charge on any atom is 0.294 e. The lowest BCUT2D eigenvalue weighted by molar-refractivity contribution is -0.123. The van der Waals surface area contributed by atoms with Gasteiger partial charge in [0.15, 0.2) is 11.5 Å². The highest BCUT2D eigenvalue weighted by Gasteiger charge is 2.46. The number of aromatic nitrogens is 1. The molecule has 6 nitrogen and oxygen atoms in total. The summed E-state index contributed by atoms with van der Waals surface area (Å²) < 4.78 is 5.46. The van der Waals surface area contributed by atoms with Gasteiger partial charge in [-0.25, -0.2) is 0 Å². The largest absolute Gasteiger partial charge is 0.503 e. The van der Waals surface area contributed by atoms with Crippen LogP contribution in [0.3, 0.4) is 0 Å². The smallest absolute Gasteiger partial charge is 0.294 e. The van der Waals surface area contributed by atoms with E-state index in [1.54, 1.807) is 69.6 Å². The summed E-state index contributed by atoms with van der Waals surface area (Å²) in [5.41, 5.74) is 0.633. The molecule has 1 unspecified atom stereocenters. The summed E-state index contributed by atoms with van der Waals surface area (Å²) in [6.45, 7) is 7.73. The molecule has 0 aliphatic carbocycles. The van der Waals surface area contributed by atoms with Crippen molar-refractivity contribution < 1.29 is 19.4 Å². The van der Waals surface area contributed by atoms with Crippen molar-refractivity contribution in [2.75, 3.05) is 11.5 Å². The molecule has 3 rings (SSSR count). The molecule has 28 heavy (non-hydrogen) atoms. The van der Waals surface area contributed by atoms with Gasteiger partial charge in [0.1, 0.15) is 5.75 Å². The highest BCUT2D eigenvalue weighted by atomic mass is 16.5. The van der Waals surface area contributed by atoms with Gasteiger partial charge in [-0.3, -0.25) is 19.5 Å². The zero-order valence-corrected chi connectivity index (χ0v) is 16.5. The van der Waals surface area contributed by atoms with Crippen LogP contribution in [0.1, 0.15) is 39.3 Å².